The van der Waals surface area contributed by atoms with Gasteiger partial charge in [0.05, 0.1) is 0 Å². The third kappa shape index (κ3) is 6.19. The molecule has 2 nitrogen and oxygen atoms in total. The van der Waals surface area contributed by atoms with Crippen LogP contribution < -0.4 is 10.6 Å². The molecule has 1 rings (SSSR count). The van der Waals surface area contributed by atoms with Crippen LogP contribution in [0.25, 0.3) is 0 Å². The second-order valence-electron chi connectivity index (χ2n) is 7.09. The summed E-state index contributed by atoms with van der Waals surface area (Å²) in [5, 5.41) is 7.16. The van der Waals surface area contributed by atoms with Gasteiger partial charge in [0, 0.05) is 0 Å². The fraction of sp³-hybridized carbons (Fsp3) is 1.00. The average Bonchev–Trinajstić information content (AvgIpc) is 2.29. The first kappa shape index (κ1) is 16.0. The molecule has 0 heterocycles. The smallest absolute Gasteiger partial charge is 0.00154 e. The van der Waals surface area contributed by atoms with Crippen molar-refractivity contribution >= 4 is 0 Å². The lowest BCUT2D eigenvalue weighted by Gasteiger charge is -2.38. The van der Waals surface area contributed by atoms with Gasteiger partial charge in [0.25, 0.3) is 0 Å². The molecule has 0 spiro atoms. The summed E-state index contributed by atoms with van der Waals surface area (Å²) in [6, 6.07) is 0. The average molecular weight is 254 g/mol. The quantitative estimate of drug-likeness (QED) is 0.649. The molecular formula is C16H34N2. The molecule has 1 aliphatic carbocycles. The van der Waals surface area contributed by atoms with E-state index in [2.05, 4.69) is 38.3 Å². The first-order valence-electron chi connectivity index (χ1n) is 7.94. The zero-order valence-corrected chi connectivity index (χ0v) is 13.0. The maximum Gasteiger partial charge on any atom is -0.00154 e. The standard InChI is InChI=1S/C16H34N2/c1-14(2)12-17-10-7-11-18-13-15-8-5-6-9-16(15,3)4/h14-15,17-18H,5-13H2,1-4H3. The van der Waals surface area contributed by atoms with Gasteiger partial charge in [0.15, 0.2) is 0 Å². The lowest BCUT2D eigenvalue weighted by molar-refractivity contribution is 0.136. The monoisotopic (exact) mass is 254 g/mol. The molecule has 2 heteroatoms. The second kappa shape index (κ2) is 8.16. The van der Waals surface area contributed by atoms with Crippen LogP contribution in [0, 0.1) is 17.3 Å². The summed E-state index contributed by atoms with van der Waals surface area (Å²) >= 11 is 0. The molecule has 0 amide bonds. The third-order valence-corrected chi connectivity index (χ3v) is 4.38. The van der Waals surface area contributed by atoms with Gasteiger partial charge in [-0.05, 0) is 62.7 Å². The van der Waals surface area contributed by atoms with Crippen molar-refractivity contribution < 1.29 is 0 Å². The van der Waals surface area contributed by atoms with Gasteiger partial charge in [-0.25, -0.2) is 0 Å². The minimum atomic E-state index is 0.557. The molecule has 0 aromatic heterocycles. The summed E-state index contributed by atoms with van der Waals surface area (Å²) in [7, 11) is 0. The van der Waals surface area contributed by atoms with E-state index in [-0.39, 0.29) is 0 Å². The van der Waals surface area contributed by atoms with Crippen molar-refractivity contribution in [2.24, 2.45) is 17.3 Å². The zero-order chi connectivity index (χ0) is 13.4. The van der Waals surface area contributed by atoms with E-state index in [9.17, 15) is 0 Å². The molecule has 18 heavy (non-hydrogen) atoms. The molecule has 0 radical (unpaired) electrons. The molecule has 0 saturated heterocycles. The first-order chi connectivity index (χ1) is 8.52. The van der Waals surface area contributed by atoms with E-state index >= 15 is 0 Å². The first-order valence-corrected chi connectivity index (χ1v) is 7.94. The van der Waals surface area contributed by atoms with Crippen LogP contribution >= 0.6 is 0 Å². The van der Waals surface area contributed by atoms with Crippen molar-refractivity contribution in [3.05, 3.63) is 0 Å². The van der Waals surface area contributed by atoms with E-state index < -0.39 is 0 Å². The Morgan fingerprint density at radius 1 is 1.11 bits per heavy atom. The Balaban J connectivity index is 2.00. The lowest BCUT2D eigenvalue weighted by Crippen LogP contribution is -2.36. The van der Waals surface area contributed by atoms with E-state index in [1.165, 1.54) is 38.6 Å². The largest absolute Gasteiger partial charge is 0.316 e. The van der Waals surface area contributed by atoms with Crippen molar-refractivity contribution in [3.8, 4) is 0 Å². The Morgan fingerprint density at radius 3 is 2.50 bits per heavy atom. The fourth-order valence-corrected chi connectivity index (χ4v) is 2.95. The molecule has 1 aliphatic rings. The minimum Gasteiger partial charge on any atom is -0.316 e. The molecule has 1 atom stereocenters. The fourth-order valence-electron chi connectivity index (χ4n) is 2.95. The van der Waals surface area contributed by atoms with Gasteiger partial charge in [-0.3, -0.25) is 0 Å². The maximum absolute atomic E-state index is 3.66. The molecule has 2 N–H and O–H groups in total. The highest BCUT2D eigenvalue weighted by molar-refractivity contribution is 4.83. The van der Waals surface area contributed by atoms with Gasteiger partial charge in [-0.1, -0.05) is 40.5 Å². The van der Waals surface area contributed by atoms with Crippen LogP contribution in [-0.2, 0) is 0 Å². The molecule has 0 aromatic rings. The third-order valence-electron chi connectivity index (χ3n) is 4.38. The Morgan fingerprint density at radius 2 is 1.83 bits per heavy atom. The Bertz CT molecular complexity index is 211. The topological polar surface area (TPSA) is 24.1 Å². The summed E-state index contributed by atoms with van der Waals surface area (Å²) in [5.41, 5.74) is 0.557. The van der Waals surface area contributed by atoms with Crippen LogP contribution in [0.4, 0.5) is 0 Å². The van der Waals surface area contributed by atoms with Gasteiger partial charge in [-0.2, -0.15) is 0 Å². The van der Waals surface area contributed by atoms with Gasteiger partial charge in [-0.15, -0.1) is 0 Å². The second-order valence-corrected chi connectivity index (χ2v) is 7.09. The molecule has 1 unspecified atom stereocenters. The highest BCUT2D eigenvalue weighted by atomic mass is 14.9. The van der Waals surface area contributed by atoms with Gasteiger partial charge in [0.1, 0.15) is 0 Å². The van der Waals surface area contributed by atoms with Crippen molar-refractivity contribution in [2.45, 2.75) is 59.8 Å². The van der Waals surface area contributed by atoms with E-state index in [1.54, 1.807) is 0 Å². The predicted molar refractivity (Wildman–Crippen MR) is 80.9 cm³/mol. The summed E-state index contributed by atoms with van der Waals surface area (Å²) < 4.78 is 0. The number of rotatable bonds is 8. The predicted octanol–water partition coefficient (Wildman–Crippen LogP) is 3.43. The van der Waals surface area contributed by atoms with E-state index in [0.29, 0.717) is 5.41 Å². The molecule has 108 valence electrons. The van der Waals surface area contributed by atoms with Crippen LogP contribution in [0.15, 0.2) is 0 Å². The van der Waals surface area contributed by atoms with Crippen LogP contribution in [0.3, 0.4) is 0 Å². The van der Waals surface area contributed by atoms with Crippen LogP contribution in [0.1, 0.15) is 59.8 Å². The summed E-state index contributed by atoms with van der Waals surface area (Å²) in [6.07, 6.45) is 6.95. The number of hydrogen-bond donors (Lipinski definition) is 2. The van der Waals surface area contributed by atoms with E-state index in [4.69, 9.17) is 0 Å². The Kier molecular flexibility index (Phi) is 7.25. The molecule has 0 aliphatic heterocycles. The van der Waals surface area contributed by atoms with Gasteiger partial charge in [0.2, 0.25) is 0 Å². The highest BCUT2D eigenvalue weighted by Gasteiger charge is 2.31. The summed E-state index contributed by atoms with van der Waals surface area (Å²) in [4.78, 5) is 0. The van der Waals surface area contributed by atoms with E-state index in [0.717, 1.165) is 31.5 Å². The van der Waals surface area contributed by atoms with Crippen molar-refractivity contribution in [1.82, 2.24) is 10.6 Å². The molecular weight excluding hydrogens is 220 g/mol. The van der Waals surface area contributed by atoms with Gasteiger partial charge < -0.3 is 10.6 Å². The Labute approximate surface area is 114 Å². The van der Waals surface area contributed by atoms with Crippen LogP contribution in [-0.4, -0.2) is 26.2 Å². The Hall–Kier alpha value is -0.0800. The molecule has 0 bridgehead atoms. The molecule has 0 aromatic carbocycles. The van der Waals surface area contributed by atoms with Crippen LogP contribution in [0.5, 0.6) is 0 Å². The number of nitrogens with one attached hydrogen (secondary N) is 2. The normalized spacial score (nSPS) is 23.5. The summed E-state index contributed by atoms with van der Waals surface area (Å²) in [5.74, 6) is 1.65. The minimum absolute atomic E-state index is 0.557. The zero-order valence-electron chi connectivity index (χ0n) is 13.0. The highest BCUT2D eigenvalue weighted by Crippen LogP contribution is 2.39. The van der Waals surface area contributed by atoms with Crippen molar-refractivity contribution in [3.63, 3.8) is 0 Å². The summed E-state index contributed by atoms with van der Waals surface area (Å²) in [6.45, 7) is 14.1. The van der Waals surface area contributed by atoms with Crippen LogP contribution in [0.2, 0.25) is 0 Å². The SMILES string of the molecule is CC(C)CNCCCNCC1CCCCC1(C)C. The maximum atomic E-state index is 3.66. The number of hydrogen-bond acceptors (Lipinski definition) is 2. The lowest BCUT2D eigenvalue weighted by atomic mass is 9.69. The van der Waals surface area contributed by atoms with Gasteiger partial charge >= 0.3 is 0 Å². The molecule has 1 fully saturated rings. The van der Waals surface area contributed by atoms with Crippen molar-refractivity contribution in [2.75, 3.05) is 26.2 Å². The van der Waals surface area contributed by atoms with Crippen molar-refractivity contribution in [1.29, 1.82) is 0 Å². The molecule has 1 saturated carbocycles. The van der Waals surface area contributed by atoms with E-state index in [1.807, 2.05) is 0 Å².